The van der Waals surface area contributed by atoms with Crippen molar-refractivity contribution in [2.45, 2.75) is 19.7 Å². The number of rotatable bonds is 4. The Hall–Kier alpha value is -1.39. The van der Waals surface area contributed by atoms with E-state index in [-0.39, 0.29) is 0 Å². The molecule has 94 valence electrons. The highest BCUT2D eigenvalue weighted by molar-refractivity contribution is 9.10. The zero-order valence-corrected chi connectivity index (χ0v) is 11.7. The molecule has 0 radical (unpaired) electrons. The normalized spacial score (nSPS) is 12.2. The van der Waals surface area contributed by atoms with Crippen molar-refractivity contribution in [3.63, 3.8) is 0 Å². The number of aliphatic hydroxyl groups excluding tert-OH is 1. The standard InChI is InChI=1S/C14H15BrN2O/c1-11(18)17(14-8-4-5-9-16-14)10-12-6-2-3-7-13(12)15/h2-9,11,18H,10H2,1H3. The van der Waals surface area contributed by atoms with Crippen LogP contribution >= 0.6 is 15.9 Å². The van der Waals surface area contributed by atoms with Crippen LogP contribution in [0.4, 0.5) is 5.82 Å². The largest absolute Gasteiger partial charge is 0.374 e. The summed E-state index contributed by atoms with van der Waals surface area (Å²) in [5.74, 6) is 0.767. The van der Waals surface area contributed by atoms with E-state index >= 15 is 0 Å². The average Bonchev–Trinajstić information content (AvgIpc) is 2.38. The van der Waals surface area contributed by atoms with Gasteiger partial charge in [0.15, 0.2) is 0 Å². The van der Waals surface area contributed by atoms with Gasteiger partial charge in [0.05, 0.1) is 0 Å². The van der Waals surface area contributed by atoms with Gasteiger partial charge in [-0.1, -0.05) is 40.2 Å². The fourth-order valence-corrected chi connectivity index (χ4v) is 2.15. The van der Waals surface area contributed by atoms with Crippen LogP contribution in [0.3, 0.4) is 0 Å². The third kappa shape index (κ3) is 3.09. The fraction of sp³-hybridized carbons (Fsp3) is 0.214. The van der Waals surface area contributed by atoms with E-state index < -0.39 is 6.23 Å². The Bertz CT molecular complexity index is 502. The van der Waals surface area contributed by atoms with Crippen LogP contribution in [0.2, 0.25) is 0 Å². The van der Waals surface area contributed by atoms with Crippen molar-refractivity contribution in [3.8, 4) is 0 Å². The monoisotopic (exact) mass is 306 g/mol. The van der Waals surface area contributed by atoms with E-state index in [1.165, 1.54) is 0 Å². The van der Waals surface area contributed by atoms with Crippen LogP contribution in [-0.4, -0.2) is 16.3 Å². The van der Waals surface area contributed by atoms with Crippen LogP contribution in [0.1, 0.15) is 12.5 Å². The van der Waals surface area contributed by atoms with Crippen LogP contribution in [0.15, 0.2) is 53.1 Å². The Morgan fingerprint density at radius 1 is 1.22 bits per heavy atom. The average molecular weight is 307 g/mol. The lowest BCUT2D eigenvalue weighted by Gasteiger charge is -2.27. The molecule has 4 heteroatoms. The molecule has 2 rings (SSSR count). The van der Waals surface area contributed by atoms with E-state index in [4.69, 9.17) is 0 Å². The van der Waals surface area contributed by atoms with Gasteiger partial charge < -0.3 is 10.0 Å². The lowest BCUT2D eigenvalue weighted by Crippen LogP contribution is -2.32. The molecule has 1 unspecified atom stereocenters. The Balaban J connectivity index is 2.26. The summed E-state index contributed by atoms with van der Waals surface area (Å²) in [5, 5.41) is 9.89. The third-order valence-electron chi connectivity index (χ3n) is 2.69. The molecule has 1 aromatic carbocycles. The Morgan fingerprint density at radius 3 is 2.56 bits per heavy atom. The maximum Gasteiger partial charge on any atom is 0.130 e. The minimum Gasteiger partial charge on any atom is -0.374 e. The summed E-state index contributed by atoms with van der Waals surface area (Å²) in [6, 6.07) is 13.7. The quantitative estimate of drug-likeness (QED) is 0.881. The first kappa shape index (κ1) is 13.1. The molecule has 1 atom stereocenters. The Kier molecular flexibility index (Phi) is 4.33. The van der Waals surface area contributed by atoms with Gasteiger partial charge in [-0.05, 0) is 30.7 Å². The molecule has 1 N–H and O–H groups in total. The van der Waals surface area contributed by atoms with E-state index in [1.54, 1.807) is 13.1 Å². The first-order chi connectivity index (χ1) is 8.68. The zero-order valence-electron chi connectivity index (χ0n) is 10.1. The van der Waals surface area contributed by atoms with Gasteiger partial charge in [-0.25, -0.2) is 4.98 Å². The number of nitrogens with zero attached hydrogens (tertiary/aromatic N) is 2. The molecule has 1 heterocycles. The number of hydrogen-bond donors (Lipinski definition) is 1. The predicted octanol–water partition coefficient (Wildman–Crippen LogP) is 3.19. The fourth-order valence-electron chi connectivity index (χ4n) is 1.74. The van der Waals surface area contributed by atoms with E-state index in [9.17, 15) is 5.11 Å². The second-order valence-electron chi connectivity index (χ2n) is 4.04. The van der Waals surface area contributed by atoms with E-state index in [0.717, 1.165) is 15.9 Å². The number of pyridine rings is 1. The lowest BCUT2D eigenvalue weighted by molar-refractivity contribution is 0.185. The van der Waals surface area contributed by atoms with Crippen molar-refractivity contribution in [3.05, 3.63) is 58.7 Å². The molecule has 2 aromatic rings. The molecule has 1 aromatic heterocycles. The number of aromatic nitrogens is 1. The Labute approximate surface area is 115 Å². The summed E-state index contributed by atoms with van der Waals surface area (Å²) in [6.07, 6.45) is 1.14. The molecule has 0 amide bonds. The van der Waals surface area contributed by atoms with Gasteiger partial charge >= 0.3 is 0 Å². The van der Waals surface area contributed by atoms with E-state index in [2.05, 4.69) is 20.9 Å². The highest BCUT2D eigenvalue weighted by atomic mass is 79.9. The summed E-state index contributed by atoms with van der Waals surface area (Å²) < 4.78 is 1.03. The lowest BCUT2D eigenvalue weighted by atomic mass is 10.2. The van der Waals surface area contributed by atoms with Crippen LogP contribution in [0.25, 0.3) is 0 Å². The highest BCUT2D eigenvalue weighted by Crippen LogP contribution is 2.21. The molecule has 0 bridgehead atoms. The van der Waals surface area contributed by atoms with Crippen molar-refractivity contribution in [1.82, 2.24) is 4.98 Å². The number of aliphatic hydroxyl groups is 1. The topological polar surface area (TPSA) is 36.4 Å². The summed E-state index contributed by atoms with van der Waals surface area (Å²) in [6.45, 7) is 2.35. The highest BCUT2D eigenvalue weighted by Gasteiger charge is 2.14. The molecule has 0 aliphatic carbocycles. The second kappa shape index (κ2) is 5.98. The van der Waals surface area contributed by atoms with Crippen molar-refractivity contribution >= 4 is 21.7 Å². The molecule has 0 fully saturated rings. The number of hydrogen-bond acceptors (Lipinski definition) is 3. The van der Waals surface area contributed by atoms with Gasteiger partial charge in [0.25, 0.3) is 0 Å². The maximum atomic E-state index is 9.89. The van der Waals surface area contributed by atoms with Crippen LogP contribution in [-0.2, 0) is 6.54 Å². The minimum atomic E-state index is -0.591. The predicted molar refractivity (Wildman–Crippen MR) is 76.2 cm³/mol. The van der Waals surface area contributed by atoms with Crippen molar-refractivity contribution in [1.29, 1.82) is 0 Å². The first-order valence-corrected chi connectivity index (χ1v) is 6.57. The molecular formula is C14H15BrN2O. The maximum absolute atomic E-state index is 9.89. The molecule has 0 saturated heterocycles. The summed E-state index contributed by atoms with van der Waals surface area (Å²) in [4.78, 5) is 6.12. The summed E-state index contributed by atoms with van der Waals surface area (Å²) in [5.41, 5.74) is 1.11. The van der Waals surface area contributed by atoms with Gasteiger partial charge in [-0.2, -0.15) is 0 Å². The summed E-state index contributed by atoms with van der Waals surface area (Å²) >= 11 is 3.52. The molecule has 18 heavy (non-hydrogen) atoms. The van der Waals surface area contributed by atoms with Gasteiger partial charge in [0, 0.05) is 17.2 Å². The smallest absolute Gasteiger partial charge is 0.130 e. The minimum absolute atomic E-state index is 0.591. The molecular weight excluding hydrogens is 292 g/mol. The number of benzene rings is 1. The molecule has 0 saturated carbocycles. The number of halogens is 1. The van der Waals surface area contributed by atoms with E-state index in [0.29, 0.717) is 6.54 Å². The molecule has 0 aliphatic heterocycles. The second-order valence-corrected chi connectivity index (χ2v) is 4.89. The van der Waals surface area contributed by atoms with Crippen molar-refractivity contribution < 1.29 is 5.11 Å². The van der Waals surface area contributed by atoms with Crippen molar-refractivity contribution in [2.24, 2.45) is 0 Å². The summed E-state index contributed by atoms with van der Waals surface area (Å²) in [7, 11) is 0. The SMILES string of the molecule is CC(O)N(Cc1ccccc1Br)c1ccccn1. The zero-order chi connectivity index (χ0) is 13.0. The molecule has 3 nitrogen and oxygen atoms in total. The van der Waals surface area contributed by atoms with Gasteiger partial charge in [-0.3, -0.25) is 0 Å². The third-order valence-corrected chi connectivity index (χ3v) is 3.47. The van der Waals surface area contributed by atoms with Crippen LogP contribution in [0.5, 0.6) is 0 Å². The number of anilines is 1. The van der Waals surface area contributed by atoms with Crippen LogP contribution < -0.4 is 4.90 Å². The van der Waals surface area contributed by atoms with Gasteiger partial charge in [0.1, 0.15) is 12.0 Å². The van der Waals surface area contributed by atoms with Gasteiger partial charge in [0.2, 0.25) is 0 Å². The molecule has 0 aliphatic rings. The van der Waals surface area contributed by atoms with Gasteiger partial charge in [-0.15, -0.1) is 0 Å². The first-order valence-electron chi connectivity index (χ1n) is 5.77. The van der Waals surface area contributed by atoms with E-state index in [1.807, 2.05) is 47.4 Å². The molecule has 0 spiro atoms. The van der Waals surface area contributed by atoms with Crippen LogP contribution in [0, 0.1) is 0 Å². The Morgan fingerprint density at radius 2 is 1.94 bits per heavy atom. The van der Waals surface area contributed by atoms with Crippen molar-refractivity contribution in [2.75, 3.05) is 4.90 Å².